The summed E-state index contributed by atoms with van der Waals surface area (Å²) in [5, 5.41) is 0. The predicted molar refractivity (Wildman–Crippen MR) is 72.3 cm³/mol. The lowest BCUT2D eigenvalue weighted by atomic mass is 10.2. The minimum absolute atomic E-state index is 0.0132. The largest absolute Gasteiger partial charge is 0.328 e. The van der Waals surface area contributed by atoms with E-state index in [4.69, 9.17) is 0 Å². The van der Waals surface area contributed by atoms with Crippen molar-refractivity contribution in [1.29, 1.82) is 0 Å². The third-order valence-electron chi connectivity index (χ3n) is 2.64. The second kappa shape index (κ2) is 5.92. The second-order valence-electron chi connectivity index (χ2n) is 4.07. The van der Waals surface area contributed by atoms with E-state index in [0.717, 1.165) is 18.5 Å². The summed E-state index contributed by atoms with van der Waals surface area (Å²) >= 11 is 0. The zero-order valence-corrected chi connectivity index (χ0v) is 10.5. The van der Waals surface area contributed by atoms with E-state index >= 15 is 0 Å². The Hall–Kier alpha value is -2.21. The Morgan fingerprint density at radius 1 is 1.11 bits per heavy atom. The quantitative estimate of drug-likeness (QED) is 0.755. The van der Waals surface area contributed by atoms with Crippen LogP contribution in [-0.4, -0.2) is 9.13 Å². The molecule has 0 aliphatic carbocycles. The van der Waals surface area contributed by atoms with Crippen molar-refractivity contribution in [2.75, 3.05) is 0 Å². The Morgan fingerprint density at radius 2 is 1.83 bits per heavy atom. The van der Waals surface area contributed by atoms with Crippen molar-refractivity contribution in [3.8, 4) is 11.8 Å². The zero-order chi connectivity index (χ0) is 12.8. The minimum atomic E-state index is 0.0132. The number of imidazole rings is 1. The molecule has 0 spiro atoms. The highest BCUT2D eigenvalue weighted by Gasteiger charge is 1.99. The Labute approximate surface area is 107 Å². The van der Waals surface area contributed by atoms with E-state index in [1.165, 1.54) is 0 Å². The number of nitrogens with zero attached hydrogens (tertiary/aromatic N) is 2. The molecule has 18 heavy (non-hydrogen) atoms. The Bertz CT molecular complexity index is 611. The van der Waals surface area contributed by atoms with E-state index < -0.39 is 0 Å². The van der Waals surface area contributed by atoms with Crippen LogP contribution in [0, 0.1) is 11.8 Å². The van der Waals surface area contributed by atoms with Crippen LogP contribution in [0.1, 0.15) is 18.9 Å². The summed E-state index contributed by atoms with van der Waals surface area (Å²) in [6.45, 7) is 3.25. The van der Waals surface area contributed by atoms with Gasteiger partial charge in [-0.2, -0.15) is 0 Å². The van der Waals surface area contributed by atoms with Crippen LogP contribution in [0.5, 0.6) is 0 Å². The molecule has 2 aromatic rings. The summed E-state index contributed by atoms with van der Waals surface area (Å²) in [6, 6.07) is 9.78. The van der Waals surface area contributed by atoms with Gasteiger partial charge in [-0.25, -0.2) is 4.79 Å². The van der Waals surface area contributed by atoms with E-state index in [9.17, 15) is 4.79 Å². The highest BCUT2D eigenvalue weighted by molar-refractivity contribution is 5.33. The van der Waals surface area contributed by atoms with Crippen molar-refractivity contribution in [3.05, 3.63) is 58.8 Å². The first-order valence-electron chi connectivity index (χ1n) is 6.10. The molecule has 0 amide bonds. The molecule has 3 nitrogen and oxygen atoms in total. The van der Waals surface area contributed by atoms with Gasteiger partial charge in [0, 0.05) is 24.5 Å². The van der Waals surface area contributed by atoms with E-state index in [2.05, 4.69) is 18.8 Å². The van der Waals surface area contributed by atoms with Crippen molar-refractivity contribution in [2.45, 2.75) is 26.4 Å². The molecule has 0 fully saturated rings. The molecule has 0 aliphatic rings. The number of benzene rings is 1. The molecule has 0 bridgehead atoms. The van der Waals surface area contributed by atoms with Crippen LogP contribution in [0.25, 0.3) is 0 Å². The average molecular weight is 240 g/mol. The van der Waals surface area contributed by atoms with Gasteiger partial charge in [0.15, 0.2) is 0 Å². The van der Waals surface area contributed by atoms with Crippen molar-refractivity contribution < 1.29 is 0 Å². The lowest BCUT2D eigenvalue weighted by Gasteiger charge is -1.96. The molecule has 0 unspecified atom stereocenters. The van der Waals surface area contributed by atoms with Crippen LogP contribution in [0.3, 0.4) is 0 Å². The minimum Gasteiger partial charge on any atom is -0.299 e. The molecular formula is C15H16N2O. The lowest BCUT2D eigenvalue weighted by Crippen LogP contribution is -2.23. The monoisotopic (exact) mass is 240 g/mol. The molecule has 0 saturated carbocycles. The SMILES string of the molecule is CCCn1ccn(CC#Cc2ccccc2)c1=O. The maximum Gasteiger partial charge on any atom is 0.328 e. The predicted octanol–water partition coefficient (Wildman–Crippen LogP) is 2.11. The smallest absolute Gasteiger partial charge is 0.299 e. The molecule has 1 aromatic carbocycles. The van der Waals surface area contributed by atoms with Gasteiger partial charge in [0.05, 0.1) is 6.54 Å². The van der Waals surface area contributed by atoms with Gasteiger partial charge >= 0.3 is 5.69 Å². The standard InChI is InChI=1S/C15H16N2O/c1-2-10-16-12-13-17(15(16)18)11-6-9-14-7-4-3-5-8-14/h3-5,7-8,12-13H,2,10-11H2,1H3. The highest BCUT2D eigenvalue weighted by Crippen LogP contribution is 1.95. The summed E-state index contributed by atoms with van der Waals surface area (Å²) in [5.74, 6) is 6.06. The molecule has 0 radical (unpaired) electrons. The van der Waals surface area contributed by atoms with Gasteiger partial charge in [-0.3, -0.25) is 9.13 Å². The number of rotatable bonds is 3. The zero-order valence-electron chi connectivity index (χ0n) is 10.5. The van der Waals surface area contributed by atoms with Gasteiger partial charge in [-0.05, 0) is 18.6 Å². The molecule has 1 heterocycles. The van der Waals surface area contributed by atoms with Crippen molar-refractivity contribution in [1.82, 2.24) is 9.13 Å². The van der Waals surface area contributed by atoms with Crippen LogP contribution in [0.2, 0.25) is 0 Å². The highest BCUT2D eigenvalue weighted by atomic mass is 16.1. The fourth-order valence-electron chi connectivity index (χ4n) is 1.73. The molecular weight excluding hydrogens is 224 g/mol. The number of aryl methyl sites for hydroxylation is 1. The van der Waals surface area contributed by atoms with E-state index in [1.807, 2.05) is 36.5 Å². The van der Waals surface area contributed by atoms with Crippen molar-refractivity contribution in [2.24, 2.45) is 0 Å². The fraction of sp³-hybridized carbons (Fsp3) is 0.267. The van der Waals surface area contributed by atoms with Gasteiger partial charge in [0.25, 0.3) is 0 Å². The molecule has 0 atom stereocenters. The van der Waals surface area contributed by atoms with Crippen LogP contribution >= 0.6 is 0 Å². The summed E-state index contributed by atoms with van der Waals surface area (Å²) in [5.41, 5.74) is 0.984. The lowest BCUT2D eigenvalue weighted by molar-refractivity contribution is 0.629. The first-order valence-corrected chi connectivity index (χ1v) is 6.10. The summed E-state index contributed by atoms with van der Waals surface area (Å²) in [7, 11) is 0. The van der Waals surface area contributed by atoms with Crippen molar-refractivity contribution >= 4 is 0 Å². The Morgan fingerprint density at radius 3 is 2.56 bits per heavy atom. The normalized spacial score (nSPS) is 9.83. The number of aromatic nitrogens is 2. The maximum absolute atomic E-state index is 11.9. The maximum atomic E-state index is 11.9. The van der Waals surface area contributed by atoms with Gasteiger partial charge in [-0.1, -0.05) is 37.0 Å². The van der Waals surface area contributed by atoms with Gasteiger partial charge in [0.2, 0.25) is 0 Å². The molecule has 1 aromatic heterocycles. The fourth-order valence-corrected chi connectivity index (χ4v) is 1.73. The average Bonchev–Trinajstić information content (AvgIpc) is 2.73. The third-order valence-corrected chi connectivity index (χ3v) is 2.64. The summed E-state index contributed by atoms with van der Waals surface area (Å²) < 4.78 is 3.34. The van der Waals surface area contributed by atoms with Crippen molar-refractivity contribution in [3.63, 3.8) is 0 Å². The van der Waals surface area contributed by atoms with Crippen LogP contribution < -0.4 is 5.69 Å². The molecule has 0 saturated heterocycles. The number of hydrogen-bond donors (Lipinski definition) is 0. The second-order valence-corrected chi connectivity index (χ2v) is 4.07. The molecule has 0 aliphatic heterocycles. The number of hydrogen-bond acceptors (Lipinski definition) is 1. The Kier molecular flexibility index (Phi) is 4.03. The van der Waals surface area contributed by atoms with E-state index in [1.54, 1.807) is 15.3 Å². The molecule has 2 rings (SSSR count). The van der Waals surface area contributed by atoms with E-state index in [0.29, 0.717) is 6.54 Å². The first-order chi connectivity index (χ1) is 8.81. The van der Waals surface area contributed by atoms with Crippen LogP contribution in [0.4, 0.5) is 0 Å². The van der Waals surface area contributed by atoms with E-state index in [-0.39, 0.29) is 5.69 Å². The molecule has 92 valence electrons. The van der Waals surface area contributed by atoms with Crippen LogP contribution in [-0.2, 0) is 13.1 Å². The molecule has 3 heteroatoms. The van der Waals surface area contributed by atoms with Gasteiger partial charge in [0.1, 0.15) is 0 Å². The topological polar surface area (TPSA) is 26.9 Å². The Balaban J connectivity index is 2.08. The third kappa shape index (κ3) is 2.92. The molecule has 0 N–H and O–H groups in total. The van der Waals surface area contributed by atoms with Gasteiger partial charge < -0.3 is 0 Å². The summed E-state index contributed by atoms with van der Waals surface area (Å²) in [6.07, 6.45) is 4.56. The summed E-state index contributed by atoms with van der Waals surface area (Å²) in [4.78, 5) is 11.9. The van der Waals surface area contributed by atoms with Crippen LogP contribution in [0.15, 0.2) is 47.5 Å². The van der Waals surface area contributed by atoms with Gasteiger partial charge in [-0.15, -0.1) is 0 Å². The first kappa shape index (κ1) is 12.3.